The number of aryl methyl sites for hydroxylation is 1. The quantitative estimate of drug-likeness (QED) is 0.803. The Morgan fingerprint density at radius 1 is 1.48 bits per heavy atom. The Labute approximate surface area is 128 Å². The van der Waals surface area contributed by atoms with E-state index < -0.39 is 0 Å². The van der Waals surface area contributed by atoms with Crippen LogP contribution in [-0.4, -0.2) is 22.0 Å². The van der Waals surface area contributed by atoms with Gasteiger partial charge >= 0.3 is 0 Å². The maximum atomic E-state index is 11.7. The summed E-state index contributed by atoms with van der Waals surface area (Å²) in [5.74, 6) is 0. The Morgan fingerprint density at radius 3 is 3.00 bits per heavy atom. The minimum Gasteiger partial charge on any atom is -0.313 e. The number of hydrogen-bond acceptors (Lipinski definition) is 5. The maximum absolute atomic E-state index is 11.7. The zero-order valence-electron chi connectivity index (χ0n) is 12.5. The van der Waals surface area contributed by atoms with Crippen LogP contribution in [0.25, 0.3) is 0 Å². The predicted molar refractivity (Wildman–Crippen MR) is 84.7 cm³/mol. The van der Waals surface area contributed by atoms with Gasteiger partial charge in [-0.3, -0.25) is 4.79 Å². The highest BCUT2D eigenvalue weighted by Gasteiger charge is 2.12. The first-order valence-corrected chi connectivity index (χ1v) is 7.86. The van der Waals surface area contributed by atoms with Crippen molar-refractivity contribution in [1.82, 2.24) is 20.3 Å². The topological polar surface area (TPSA) is 70.7 Å². The Balaban J connectivity index is 2.32. The normalized spacial score (nSPS) is 12.3. The van der Waals surface area contributed by atoms with Gasteiger partial charge < -0.3 is 10.3 Å². The van der Waals surface area contributed by atoms with Crippen molar-refractivity contribution in [2.75, 3.05) is 7.05 Å². The van der Waals surface area contributed by atoms with Gasteiger partial charge in [-0.05, 0) is 38.2 Å². The highest BCUT2D eigenvalue weighted by Crippen LogP contribution is 2.28. The molecule has 2 aromatic rings. The number of nitrogens with zero attached hydrogens (tertiary/aromatic N) is 2. The van der Waals surface area contributed by atoms with E-state index in [1.54, 1.807) is 12.3 Å². The van der Waals surface area contributed by atoms with Crippen LogP contribution in [0.5, 0.6) is 0 Å². The van der Waals surface area contributed by atoms with Gasteiger partial charge in [-0.25, -0.2) is 9.97 Å². The first kappa shape index (κ1) is 15.7. The molecule has 2 rings (SSSR count). The van der Waals surface area contributed by atoms with Crippen molar-refractivity contribution in [3.63, 3.8) is 0 Å². The fourth-order valence-corrected chi connectivity index (χ4v) is 2.96. The minimum atomic E-state index is -0.116. The highest BCUT2D eigenvalue weighted by molar-refractivity contribution is 7.99. The summed E-state index contributed by atoms with van der Waals surface area (Å²) >= 11 is 1.39. The van der Waals surface area contributed by atoms with E-state index in [4.69, 9.17) is 0 Å². The lowest BCUT2D eigenvalue weighted by Crippen LogP contribution is -2.14. The lowest BCUT2D eigenvalue weighted by Gasteiger charge is -2.14. The van der Waals surface area contributed by atoms with Gasteiger partial charge in [-0.1, -0.05) is 19.4 Å². The molecule has 0 saturated heterocycles. The number of aromatic nitrogens is 3. The molecule has 1 unspecified atom stereocenters. The fraction of sp³-hybridized carbons (Fsp3) is 0.400. The molecule has 0 amide bonds. The Morgan fingerprint density at radius 2 is 2.29 bits per heavy atom. The first-order valence-electron chi connectivity index (χ1n) is 7.04. The molecule has 0 aliphatic rings. The van der Waals surface area contributed by atoms with Gasteiger partial charge in [0, 0.05) is 29.6 Å². The molecule has 0 fully saturated rings. The second-order valence-corrected chi connectivity index (χ2v) is 5.78. The number of aromatic amines is 1. The molecule has 0 radical (unpaired) electrons. The van der Waals surface area contributed by atoms with Crippen molar-refractivity contribution in [3.05, 3.63) is 46.0 Å². The molecule has 0 bridgehead atoms. The Bertz CT molecular complexity index is 656. The number of nitrogens with one attached hydrogen (secondary N) is 2. The van der Waals surface area contributed by atoms with E-state index >= 15 is 0 Å². The van der Waals surface area contributed by atoms with Crippen LogP contribution in [0.3, 0.4) is 0 Å². The van der Waals surface area contributed by atoms with Gasteiger partial charge in [0.2, 0.25) is 0 Å². The van der Waals surface area contributed by atoms with E-state index in [2.05, 4.69) is 34.1 Å². The van der Waals surface area contributed by atoms with Crippen LogP contribution in [0.15, 0.2) is 39.4 Å². The zero-order valence-corrected chi connectivity index (χ0v) is 13.3. The molecule has 112 valence electrons. The van der Waals surface area contributed by atoms with E-state index in [-0.39, 0.29) is 11.6 Å². The summed E-state index contributed by atoms with van der Waals surface area (Å²) < 4.78 is 0. The van der Waals surface area contributed by atoms with Gasteiger partial charge in [0.1, 0.15) is 5.03 Å². The van der Waals surface area contributed by atoms with Crippen LogP contribution in [0.2, 0.25) is 0 Å². The molecule has 21 heavy (non-hydrogen) atoms. The molecule has 0 aliphatic carbocycles. The smallest absolute Gasteiger partial charge is 0.251 e. The molecule has 6 heteroatoms. The summed E-state index contributed by atoms with van der Waals surface area (Å²) in [5, 5.41) is 4.65. The minimum absolute atomic E-state index is 0.116. The summed E-state index contributed by atoms with van der Waals surface area (Å²) in [4.78, 5) is 23.4. The lowest BCUT2D eigenvalue weighted by atomic mass is 10.1. The molecule has 1 atom stereocenters. The van der Waals surface area contributed by atoms with Crippen molar-refractivity contribution in [2.45, 2.75) is 42.9 Å². The van der Waals surface area contributed by atoms with E-state index in [0.717, 1.165) is 29.1 Å². The van der Waals surface area contributed by atoms with Gasteiger partial charge in [0.25, 0.3) is 5.56 Å². The van der Waals surface area contributed by atoms with Gasteiger partial charge in [0.05, 0.1) is 0 Å². The van der Waals surface area contributed by atoms with Crippen LogP contribution >= 0.6 is 11.8 Å². The molecule has 0 spiro atoms. The standard InChI is InChI=1S/C15H20N4OS/c1-4-6-11-9-13(20)19-15(18-11)21-14-12(10(2)16-3)7-5-8-17-14/h5,7-10,16H,4,6H2,1-3H3,(H,18,19,20). The maximum Gasteiger partial charge on any atom is 0.251 e. The van der Waals surface area contributed by atoms with Gasteiger partial charge in [-0.15, -0.1) is 0 Å². The molecule has 2 aromatic heterocycles. The third-order valence-electron chi connectivity index (χ3n) is 3.17. The summed E-state index contributed by atoms with van der Waals surface area (Å²) in [7, 11) is 1.91. The molecule has 2 heterocycles. The molecular formula is C15H20N4OS. The summed E-state index contributed by atoms with van der Waals surface area (Å²) in [5.41, 5.74) is 1.80. The number of rotatable bonds is 6. The third-order valence-corrected chi connectivity index (χ3v) is 4.09. The second-order valence-electron chi connectivity index (χ2n) is 4.80. The number of pyridine rings is 1. The molecule has 0 aromatic carbocycles. The first-order chi connectivity index (χ1) is 10.1. The van der Waals surface area contributed by atoms with Crippen molar-refractivity contribution < 1.29 is 0 Å². The Hall–Kier alpha value is -1.66. The number of H-pyrrole nitrogens is 1. The molecule has 2 N–H and O–H groups in total. The molecule has 5 nitrogen and oxygen atoms in total. The van der Waals surface area contributed by atoms with Crippen LogP contribution in [0.1, 0.15) is 37.6 Å². The van der Waals surface area contributed by atoms with Crippen LogP contribution in [0, 0.1) is 0 Å². The predicted octanol–water partition coefficient (Wildman–Crippen LogP) is 2.55. The highest BCUT2D eigenvalue weighted by atomic mass is 32.2. The fourth-order valence-electron chi connectivity index (χ4n) is 1.98. The second kappa shape index (κ2) is 7.38. The monoisotopic (exact) mass is 304 g/mol. The van der Waals surface area contributed by atoms with E-state index in [1.165, 1.54) is 11.8 Å². The summed E-state index contributed by atoms with van der Waals surface area (Å²) in [6.45, 7) is 4.14. The Kier molecular flexibility index (Phi) is 5.52. The molecule has 0 aliphatic heterocycles. The number of hydrogen-bond donors (Lipinski definition) is 2. The van der Waals surface area contributed by atoms with Crippen LogP contribution < -0.4 is 10.9 Å². The van der Waals surface area contributed by atoms with Crippen molar-refractivity contribution >= 4 is 11.8 Å². The lowest BCUT2D eigenvalue weighted by molar-refractivity contribution is 0.634. The largest absolute Gasteiger partial charge is 0.313 e. The third kappa shape index (κ3) is 4.15. The molecule has 0 saturated carbocycles. The van der Waals surface area contributed by atoms with Crippen LogP contribution in [-0.2, 0) is 6.42 Å². The molecular weight excluding hydrogens is 284 g/mol. The summed E-state index contributed by atoms with van der Waals surface area (Å²) in [6.07, 6.45) is 3.52. The SMILES string of the molecule is CCCc1cc(=O)[nH]c(Sc2ncccc2C(C)NC)n1. The van der Waals surface area contributed by atoms with E-state index in [9.17, 15) is 4.79 Å². The van der Waals surface area contributed by atoms with Gasteiger partial charge in [0.15, 0.2) is 5.16 Å². The average molecular weight is 304 g/mol. The van der Waals surface area contributed by atoms with E-state index in [1.807, 2.05) is 19.2 Å². The average Bonchev–Trinajstić information content (AvgIpc) is 2.47. The zero-order chi connectivity index (χ0) is 15.2. The van der Waals surface area contributed by atoms with Crippen molar-refractivity contribution in [2.24, 2.45) is 0 Å². The van der Waals surface area contributed by atoms with Crippen LogP contribution in [0.4, 0.5) is 0 Å². The summed E-state index contributed by atoms with van der Waals surface area (Å²) in [6, 6.07) is 5.69. The van der Waals surface area contributed by atoms with E-state index in [0.29, 0.717) is 5.16 Å². The van der Waals surface area contributed by atoms with Crippen molar-refractivity contribution in [1.29, 1.82) is 0 Å². The van der Waals surface area contributed by atoms with Crippen molar-refractivity contribution in [3.8, 4) is 0 Å². The van der Waals surface area contributed by atoms with Gasteiger partial charge in [-0.2, -0.15) is 0 Å².